The molecule has 0 fully saturated rings. The first-order valence-electron chi connectivity index (χ1n) is 5.74. The Bertz CT molecular complexity index is 411. The molecule has 1 nitrogen and oxygen atoms in total. The molecule has 1 heterocycles. The lowest BCUT2D eigenvalue weighted by Gasteiger charge is -2.14. The minimum atomic E-state index is 0.537. The smallest absolute Gasteiger partial charge is 0.0199 e. The van der Waals surface area contributed by atoms with Gasteiger partial charge in [0.1, 0.15) is 0 Å². The van der Waals surface area contributed by atoms with Gasteiger partial charge in [-0.15, -0.1) is 11.8 Å². The van der Waals surface area contributed by atoms with Crippen LogP contribution in [0.4, 0.5) is 0 Å². The van der Waals surface area contributed by atoms with E-state index in [1.807, 2.05) is 18.8 Å². The van der Waals surface area contributed by atoms with Gasteiger partial charge in [-0.1, -0.05) is 18.2 Å². The van der Waals surface area contributed by atoms with Crippen molar-refractivity contribution in [3.8, 4) is 0 Å². The average molecular weight is 263 g/mol. The largest absolute Gasteiger partial charge is 0.316 e. The van der Waals surface area contributed by atoms with E-state index in [-0.39, 0.29) is 0 Å². The van der Waals surface area contributed by atoms with Crippen LogP contribution in [0.5, 0.6) is 0 Å². The summed E-state index contributed by atoms with van der Waals surface area (Å²) in [5.74, 6) is 1.11. The summed E-state index contributed by atoms with van der Waals surface area (Å²) in [5, 5.41) is 7.77. The molecule has 0 aliphatic heterocycles. The van der Waals surface area contributed by atoms with E-state index in [4.69, 9.17) is 0 Å². The van der Waals surface area contributed by atoms with Crippen LogP contribution in [0.1, 0.15) is 5.56 Å². The Hall–Kier alpha value is -0.770. The topological polar surface area (TPSA) is 12.0 Å². The maximum absolute atomic E-state index is 3.39. The second kappa shape index (κ2) is 6.84. The highest BCUT2D eigenvalue weighted by Crippen LogP contribution is 2.19. The van der Waals surface area contributed by atoms with Gasteiger partial charge < -0.3 is 5.32 Å². The zero-order valence-corrected chi connectivity index (χ0v) is 11.6. The van der Waals surface area contributed by atoms with Crippen molar-refractivity contribution >= 4 is 23.1 Å². The van der Waals surface area contributed by atoms with Crippen molar-refractivity contribution in [3.63, 3.8) is 0 Å². The molecule has 0 bridgehead atoms. The Morgan fingerprint density at radius 1 is 1.24 bits per heavy atom. The highest BCUT2D eigenvalue weighted by molar-refractivity contribution is 7.99. The molecule has 0 aliphatic rings. The first-order chi connectivity index (χ1) is 8.38. The summed E-state index contributed by atoms with van der Waals surface area (Å²) in [5.41, 5.74) is 1.43. The number of benzene rings is 1. The Balaban J connectivity index is 1.84. The van der Waals surface area contributed by atoms with Gasteiger partial charge in [-0.25, -0.2) is 0 Å². The molecule has 1 unspecified atom stereocenters. The van der Waals surface area contributed by atoms with Gasteiger partial charge in [-0.05, 0) is 48.0 Å². The molecule has 2 aromatic rings. The number of rotatable bonds is 6. The van der Waals surface area contributed by atoms with E-state index < -0.39 is 0 Å². The van der Waals surface area contributed by atoms with Crippen molar-refractivity contribution < 1.29 is 0 Å². The van der Waals surface area contributed by atoms with Crippen molar-refractivity contribution in [1.29, 1.82) is 0 Å². The van der Waals surface area contributed by atoms with Gasteiger partial charge in [0.25, 0.3) is 0 Å². The predicted molar refractivity (Wildman–Crippen MR) is 78.0 cm³/mol. The van der Waals surface area contributed by atoms with Crippen LogP contribution in [-0.4, -0.2) is 18.8 Å². The first-order valence-corrected chi connectivity index (χ1v) is 7.67. The van der Waals surface area contributed by atoms with Crippen molar-refractivity contribution in [2.75, 3.05) is 12.8 Å². The summed E-state index contributed by atoms with van der Waals surface area (Å²) in [6.07, 6.45) is 1.11. The molecule has 0 saturated heterocycles. The van der Waals surface area contributed by atoms with E-state index in [9.17, 15) is 0 Å². The number of hydrogen-bond acceptors (Lipinski definition) is 3. The third kappa shape index (κ3) is 4.19. The summed E-state index contributed by atoms with van der Waals surface area (Å²) < 4.78 is 0. The average Bonchev–Trinajstić information content (AvgIpc) is 2.88. The maximum Gasteiger partial charge on any atom is 0.0199 e. The highest BCUT2D eigenvalue weighted by Gasteiger charge is 2.08. The fraction of sp³-hybridized carbons (Fsp3) is 0.286. The molecule has 0 amide bonds. The fourth-order valence-corrected chi connectivity index (χ4v) is 3.36. The fourth-order valence-electron chi connectivity index (χ4n) is 1.65. The quantitative estimate of drug-likeness (QED) is 0.798. The van der Waals surface area contributed by atoms with Gasteiger partial charge in [0.05, 0.1) is 0 Å². The van der Waals surface area contributed by atoms with Gasteiger partial charge in [-0.3, -0.25) is 0 Å². The second-order valence-electron chi connectivity index (χ2n) is 3.95. The van der Waals surface area contributed by atoms with E-state index in [1.165, 1.54) is 10.5 Å². The normalized spacial score (nSPS) is 12.5. The lowest BCUT2D eigenvalue weighted by molar-refractivity contribution is 0.618. The van der Waals surface area contributed by atoms with Gasteiger partial charge in [0.15, 0.2) is 0 Å². The SMILES string of the molecule is CNC(CSc1ccccc1)Cc1ccsc1. The molecule has 2 rings (SSSR count). The Morgan fingerprint density at radius 2 is 2.06 bits per heavy atom. The molecule has 1 aromatic heterocycles. The monoisotopic (exact) mass is 263 g/mol. The number of nitrogens with one attached hydrogen (secondary N) is 1. The molecule has 90 valence electrons. The molecule has 3 heteroatoms. The Kier molecular flexibility index (Phi) is 5.10. The zero-order valence-electron chi connectivity index (χ0n) is 9.93. The van der Waals surface area contributed by atoms with E-state index >= 15 is 0 Å². The van der Waals surface area contributed by atoms with E-state index in [2.05, 4.69) is 52.5 Å². The second-order valence-corrected chi connectivity index (χ2v) is 5.82. The van der Waals surface area contributed by atoms with E-state index in [0.29, 0.717) is 6.04 Å². The summed E-state index contributed by atoms with van der Waals surface area (Å²) >= 11 is 3.69. The molecule has 1 aromatic carbocycles. The molecular formula is C14H17NS2. The van der Waals surface area contributed by atoms with Gasteiger partial charge in [0, 0.05) is 16.7 Å². The zero-order chi connectivity index (χ0) is 11.9. The third-order valence-corrected chi connectivity index (χ3v) is 4.57. The molecule has 1 atom stereocenters. The van der Waals surface area contributed by atoms with Gasteiger partial charge in [-0.2, -0.15) is 11.3 Å². The molecular weight excluding hydrogens is 246 g/mol. The van der Waals surface area contributed by atoms with Crippen LogP contribution in [0.2, 0.25) is 0 Å². The Morgan fingerprint density at radius 3 is 2.71 bits per heavy atom. The van der Waals surface area contributed by atoms with Gasteiger partial charge in [0.2, 0.25) is 0 Å². The van der Waals surface area contributed by atoms with Crippen LogP contribution in [-0.2, 0) is 6.42 Å². The summed E-state index contributed by atoms with van der Waals surface area (Å²) in [7, 11) is 2.04. The summed E-state index contributed by atoms with van der Waals surface area (Å²) in [6.45, 7) is 0. The lowest BCUT2D eigenvalue weighted by Crippen LogP contribution is -2.29. The molecule has 17 heavy (non-hydrogen) atoms. The first kappa shape index (κ1) is 12.7. The molecule has 0 spiro atoms. The Labute approximate surface area is 111 Å². The van der Waals surface area contributed by atoms with E-state index in [0.717, 1.165) is 12.2 Å². The molecule has 0 saturated carbocycles. The van der Waals surface area contributed by atoms with Crippen LogP contribution >= 0.6 is 23.1 Å². The molecule has 1 N–H and O–H groups in total. The molecule has 0 aliphatic carbocycles. The summed E-state index contributed by atoms with van der Waals surface area (Å²) in [4.78, 5) is 1.35. The van der Waals surface area contributed by atoms with Crippen LogP contribution in [0.25, 0.3) is 0 Å². The number of thiophene rings is 1. The van der Waals surface area contributed by atoms with E-state index in [1.54, 1.807) is 11.3 Å². The van der Waals surface area contributed by atoms with Gasteiger partial charge >= 0.3 is 0 Å². The van der Waals surface area contributed by atoms with Crippen LogP contribution in [0.3, 0.4) is 0 Å². The predicted octanol–water partition coefficient (Wildman–Crippen LogP) is 3.67. The molecule has 0 radical (unpaired) electrons. The van der Waals surface area contributed by atoms with Crippen LogP contribution in [0.15, 0.2) is 52.1 Å². The highest BCUT2D eigenvalue weighted by atomic mass is 32.2. The van der Waals surface area contributed by atoms with Crippen LogP contribution in [0, 0.1) is 0 Å². The minimum Gasteiger partial charge on any atom is -0.316 e. The number of likely N-dealkylation sites (N-methyl/N-ethyl adjacent to an activating group) is 1. The standard InChI is InChI=1S/C14H17NS2/c1-15-13(9-12-7-8-16-10-12)11-17-14-5-3-2-4-6-14/h2-8,10,13,15H,9,11H2,1H3. The van der Waals surface area contributed by atoms with Crippen molar-refractivity contribution in [3.05, 3.63) is 52.7 Å². The van der Waals surface area contributed by atoms with Crippen LogP contribution < -0.4 is 5.32 Å². The number of thioether (sulfide) groups is 1. The minimum absolute atomic E-state index is 0.537. The van der Waals surface area contributed by atoms with Crippen molar-refractivity contribution in [2.24, 2.45) is 0 Å². The van der Waals surface area contributed by atoms with Crippen molar-refractivity contribution in [1.82, 2.24) is 5.32 Å². The maximum atomic E-state index is 3.39. The summed E-state index contributed by atoms with van der Waals surface area (Å²) in [6, 6.07) is 13.3. The number of hydrogen-bond donors (Lipinski definition) is 1. The van der Waals surface area contributed by atoms with Crippen molar-refractivity contribution in [2.45, 2.75) is 17.4 Å². The third-order valence-electron chi connectivity index (χ3n) is 2.66. The lowest BCUT2D eigenvalue weighted by atomic mass is 10.1.